The fraction of sp³-hybridized carbons (Fsp3) is 0.154. The molecule has 0 bridgehead atoms. The Balaban J connectivity index is 2.11. The second-order valence-electron chi connectivity index (χ2n) is 3.57. The molecule has 2 aromatic rings. The Morgan fingerprint density at radius 2 is 1.94 bits per heavy atom. The summed E-state index contributed by atoms with van der Waals surface area (Å²) < 4.78 is 0. The van der Waals surface area contributed by atoms with E-state index < -0.39 is 0 Å². The Morgan fingerprint density at radius 3 is 2.47 bits per heavy atom. The first kappa shape index (κ1) is 11.1. The van der Waals surface area contributed by atoms with Gasteiger partial charge in [-0.25, -0.2) is 9.97 Å². The molecule has 0 fully saturated rings. The molecule has 0 aliphatic heterocycles. The first-order valence-corrected chi connectivity index (χ1v) is 5.40. The summed E-state index contributed by atoms with van der Waals surface area (Å²) in [6, 6.07) is 10.1. The lowest BCUT2D eigenvalue weighted by Crippen LogP contribution is -1.95. The number of nitrogens with zero attached hydrogens (tertiary/aromatic N) is 3. The van der Waals surface area contributed by atoms with Gasteiger partial charge in [-0.05, 0) is 24.1 Å². The van der Waals surface area contributed by atoms with Gasteiger partial charge in [0, 0.05) is 5.69 Å². The maximum atomic E-state index is 8.60. The highest BCUT2D eigenvalue weighted by Gasteiger charge is 1.97. The predicted molar refractivity (Wildman–Crippen MR) is 65.8 cm³/mol. The first-order chi connectivity index (χ1) is 8.31. The average Bonchev–Trinajstić information content (AvgIpc) is 2.40. The van der Waals surface area contributed by atoms with E-state index in [4.69, 9.17) is 5.26 Å². The summed E-state index contributed by atoms with van der Waals surface area (Å²) in [7, 11) is 0. The smallest absolute Gasteiger partial charge is 0.158 e. The molecule has 0 atom stereocenters. The number of nitrogens with one attached hydrogen (secondary N) is 1. The Kier molecular flexibility index (Phi) is 3.31. The number of aromatic nitrogens is 2. The van der Waals surface area contributed by atoms with Crippen LogP contribution in [0.5, 0.6) is 0 Å². The maximum absolute atomic E-state index is 8.60. The molecule has 0 aliphatic rings. The van der Waals surface area contributed by atoms with E-state index in [1.807, 2.05) is 18.2 Å². The van der Waals surface area contributed by atoms with Crippen LogP contribution in [0, 0.1) is 11.3 Å². The topological polar surface area (TPSA) is 61.6 Å². The van der Waals surface area contributed by atoms with Gasteiger partial charge < -0.3 is 5.32 Å². The molecule has 84 valence electrons. The van der Waals surface area contributed by atoms with Crippen molar-refractivity contribution in [2.45, 2.75) is 13.3 Å². The van der Waals surface area contributed by atoms with E-state index in [-0.39, 0.29) is 0 Å². The number of anilines is 2. The standard InChI is InChI=1S/C13H12N4/c1-2-10-3-5-11(6-4-10)17-13-9-15-12(7-14)8-16-13/h3-6,8-9H,2H2,1H3,(H,16,17). The predicted octanol–water partition coefficient (Wildman–Crippen LogP) is 2.65. The molecule has 0 amide bonds. The summed E-state index contributed by atoms with van der Waals surface area (Å²) in [5.41, 5.74) is 2.57. The number of rotatable bonds is 3. The largest absolute Gasteiger partial charge is 0.339 e. The molecule has 0 unspecified atom stereocenters. The fourth-order valence-corrected chi connectivity index (χ4v) is 1.42. The van der Waals surface area contributed by atoms with Crippen LogP contribution in [-0.4, -0.2) is 9.97 Å². The number of nitriles is 1. The SMILES string of the molecule is CCc1ccc(Nc2cnc(C#N)cn2)cc1. The molecule has 0 saturated heterocycles. The maximum Gasteiger partial charge on any atom is 0.158 e. The van der Waals surface area contributed by atoms with Crippen molar-refractivity contribution < 1.29 is 0 Å². The van der Waals surface area contributed by atoms with Gasteiger partial charge in [-0.1, -0.05) is 19.1 Å². The molecular formula is C13H12N4. The molecule has 0 radical (unpaired) electrons. The number of benzene rings is 1. The molecule has 1 aromatic carbocycles. The van der Waals surface area contributed by atoms with Crippen LogP contribution in [0.2, 0.25) is 0 Å². The van der Waals surface area contributed by atoms with Crippen molar-refractivity contribution >= 4 is 11.5 Å². The first-order valence-electron chi connectivity index (χ1n) is 5.40. The van der Waals surface area contributed by atoms with Gasteiger partial charge in [0.05, 0.1) is 12.4 Å². The normalized spacial score (nSPS) is 9.65. The van der Waals surface area contributed by atoms with E-state index in [1.165, 1.54) is 11.8 Å². The summed E-state index contributed by atoms with van der Waals surface area (Å²) in [6.07, 6.45) is 4.02. The minimum Gasteiger partial charge on any atom is -0.339 e. The van der Waals surface area contributed by atoms with Gasteiger partial charge in [0.25, 0.3) is 0 Å². The van der Waals surface area contributed by atoms with E-state index in [9.17, 15) is 0 Å². The van der Waals surface area contributed by atoms with Gasteiger partial charge in [-0.3, -0.25) is 0 Å². The Bertz CT molecular complexity index is 523. The molecule has 0 saturated carbocycles. The van der Waals surface area contributed by atoms with E-state index in [2.05, 4.69) is 34.3 Å². The van der Waals surface area contributed by atoms with Crippen LogP contribution in [-0.2, 0) is 6.42 Å². The van der Waals surface area contributed by atoms with Crippen molar-refractivity contribution in [1.29, 1.82) is 5.26 Å². The summed E-state index contributed by atoms with van der Waals surface area (Å²) in [6.45, 7) is 2.12. The third-order valence-electron chi connectivity index (χ3n) is 2.40. The quantitative estimate of drug-likeness (QED) is 0.870. The Hall–Kier alpha value is -2.41. The summed E-state index contributed by atoms with van der Waals surface area (Å²) in [4.78, 5) is 8.03. The highest BCUT2D eigenvalue weighted by atomic mass is 15.0. The van der Waals surface area contributed by atoms with Gasteiger partial charge in [-0.15, -0.1) is 0 Å². The molecule has 4 nitrogen and oxygen atoms in total. The number of aryl methyl sites for hydroxylation is 1. The molecule has 1 heterocycles. The zero-order chi connectivity index (χ0) is 12.1. The van der Waals surface area contributed by atoms with Crippen molar-refractivity contribution in [2.75, 3.05) is 5.32 Å². The molecule has 1 aromatic heterocycles. The lowest BCUT2D eigenvalue weighted by molar-refractivity contribution is 1.14. The van der Waals surface area contributed by atoms with Gasteiger partial charge in [0.2, 0.25) is 0 Å². The molecule has 4 heteroatoms. The Morgan fingerprint density at radius 1 is 1.18 bits per heavy atom. The molecule has 0 spiro atoms. The van der Waals surface area contributed by atoms with Crippen LogP contribution in [0.25, 0.3) is 0 Å². The summed E-state index contributed by atoms with van der Waals surface area (Å²) in [5, 5.41) is 11.7. The van der Waals surface area contributed by atoms with Crippen molar-refractivity contribution in [1.82, 2.24) is 9.97 Å². The zero-order valence-corrected chi connectivity index (χ0v) is 9.51. The van der Waals surface area contributed by atoms with Crippen LogP contribution >= 0.6 is 0 Å². The molecule has 0 aliphatic carbocycles. The van der Waals surface area contributed by atoms with E-state index in [0.717, 1.165) is 12.1 Å². The van der Waals surface area contributed by atoms with Crippen LogP contribution in [0.3, 0.4) is 0 Å². The van der Waals surface area contributed by atoms with Gasteiger partial charge in [0.1, 0.15) is 11.9 Å². The second-order valence-corrected chi connectivity index (χ2v) is 3.57. The minimum absolute atomic E-state index is 0.317. The van der Waals surface area contributed by atoms with Gasteiger partial charge in [-0.2, -0.15) is 5.26 Å². The van der Waals surface area contributed by atoms with Gasteiger partial charge >= 0.3 is 0 Å². The Labute approximate surface area is 100.0 Å². The van der Waals surface area contributed by atoms with Crippen molar-refractivity contribution in [2.24, 2.45) is 0 Å². The highest BCUT2D eigenvalue weighted by Crippen LogP contribution is 2.14. The third-order valence-corrected chi connectivity index (χ3v) is 2.40. The number of hydrogen-bond donors (Lipinski definition) is 1. The molecule has 2 rings (SSSR count). The summed E-state index contributed by atoms with van der Waals surface area (Å²) in [5.74, 6) is 0.633. The van der Waals surface area contributed by atoms with Crippen molar-refractivity contribution in [3.8, 4) is 6.07 Å². The van der Waals surface area contributed by atoms with Crippen LogP contribution in [0.1, 0.15) is 18.2 Å². The highest BCUT2D eigenvalue weighted by molar-refractivity contribution is 5.55. The lowest BCUT2D eigenvalue weighted by atomic mass is 10.1. The average molecular weight is 224 g/mol. The molecule has 1 N–H and O–H groups in total. The van der Waals surface area contributed by atoms with E-state index in [0.29, 0.717) is 11.5 Å². The summed E-state index contributed by atoms with van der Waals surface area (Å²) >= 11 is 0. The second kappa shape index (κ2) is 5.08. The lowest BCUT2D eigenvalue weighted by Gasteiger charge is -2.05. The van der Waals surface area contributed by atoms with Crippen LogP contribution < -0.4 is 5.32 Å². The van der Waals surface area contributed by atoms with E-state index >= 15 is 0 Å². The fourth-order valence-electron chi connectivity index (χ4n) is 1.42. The van der Waals surface area contributed by atoms with E-state index in [1.54, 1.807) is 6.20 Å². The molecule has 17 heavy (non-hydrogen) atoms. The third kappa shape index (κ3) is 2.79. The van der Waals surface area contributed by atoms with Crippen molar-refractivity contribution in [3.05, 3.63) is 47.9 Å². The molecular weight excluding hydrogens is 212 g/mol. The van der Waals surface area contributed by atoms with Crippen LogP contribution in [0.15, 0.2) is 36.7 Å². The minimum atomic E-state index is 0.317. The number of hydrogen-bond acceptors (Lipinski definition) is 4. The van der Waals surface area contributed by atoms with Crippen LogP contribution in [0.4, 0.5) is 11.5 Å². The monoisotopic (exact) mass is 224 g/mol. The van der Waals surface area contributed by atoms with Crippen molar-refractivity contribution in [3.63, 3.8) is 0 Å². The van der Waals surface area contributed by atoms with Gasteiger partial charge in [0.15, 0.2) is 5.69 Å². The zero-order valence-electron chi connectivity index (χ0n) is 9.51.